The van der Waals surface area contributed by atoms with E-state index in [0.717, 1.165) is 16.9 Å². The maximum absolute atomic E-state index is 12.5. The molecule has 4 atom stereocenters. The van der Waals surface area contributed by atoms with Crippen LogP contribution in [0, 0.1) is 12.8 Å². The Morgan fingerprint density at radius 2 is 1.75 bits per heavy atom. The fourth-order valence-corrected chi connectivity index (χ4v) is 3.78. The highest BCUT2D eigenvalue weighted by Gasteiger charge is 2.50. The van der Waals surface area contributed by atoms with Gasteiger partial charge >= 0.3 is 12.1 Å². The molecule has 0 bridgehead atoms. The van der Waals surface area contributed by atoms with Gasteiger partial charge in [0.15, 0.2) is 0 Å². The highest BCUT2D eigenvalue weighted by Crippen LogP contribution is 2.41. The van der Waals surface area contributed by atoms with Crippen LogP contribution in [0.3, 0.4) is 0 Å². The molecule has 2 heterocycles. The molecule has 1 aromatic carbocycles. The van der Waals surface area contributed by atoms with Crippen molar-refractivity contribution in [2.75, 3.05) is 21.2 Å². The lowest BCUT2D eigenvalue weighted by Gasteiger charge is -2.52. The number of hydrogen-bond donors (Lipinski definition) is 2. The number of amides is 4. The molecule has 2 fully saturated rings. The molecule has 2 N–H and O–H groups in total. The molecule has 2 aliphatic heterocycles. The van der Waals surface area contributed by atoms with Gasteiger partial charge in [-0.25, -0.2) is 9.59 Å². The van der Waals surface area contributed by atoms with Crippen LogP contribution in [0.1, 0.15) is 24.1 Å². The molecule has 0 saturated carbocycles. The van der Waals surface area contributed by atoms with Crippen molar-refractivity contribution in [3.05, 3.63) is 29.3 Å². The van der Waals surface area contributed by atoms with E-state index < -0.39 is 0 Å². The zero-order valence-corrected chi connectivity index (χ0v) is 14.7. The number of aryl methyl sites for hydroxylation is 1. The van der Waals surface area contributed by atoms with Crippen LogP contribution in [-0.2, 0) is 0 Å². The SMILES string of the molecule is COc1cc(C)ccc1[C@@H]1[C@H]2[C@@H](NC(=O)N1C)N(C)C(=O)N[C@@H]2C. The van der Waals surface area contributed by atoms with Crippen LogP contribution in [0.5, 0.6) is 5.75 Å². The van der Waals surface area contributed by atoms with E-state index in [9.17, 15) is 9.59 Å². The van der Waals surface area contributed by atoms with E-state index in [1.165, 1.54) is 0 Å². The normalized spacial score (nSPS) is 29.7. The summed E-state index contributed by atoms with van der Waals surface area (Å²) < 4.78 is 5.57. The van der Waals surface area contributed by atoms with Gasteiger partial charge < -0.3 is 25.2 Å². The molecule has 2 aliphatic rings. The molecular weight excluding hydrogens is 308 g/mol. The van der Waals surface area contributed by atoms with E-state index in [-0.39, 0.29) is 36.2 Å². The second-order valence-corrected chi connectivity index (χ2v) is 6.62. The maximum atomic E-state index is 12.5. The first-order chi connectivity index (χ1) is 11.3. The van der Waals surface area contributed by atoms with Crippen molar-refractivity contribution in [3.63, 3.8) is 0 Å². The maximum Gasteiger partial charge on any atom is 0.319 e. The van der Waals surface area contributed by atoms with Crippen molar-refractivity contribution in [1.29, 1.82) is 0 Å². The molecule has 0 unspecified atom stereocenters. The van der Waals surface area contributed by atoms with Crippen molar-refractivity contribution < 1.29 is 14.3 Å². The fraction of sp³-hybridized carbons (Fsp3) is 0.529. The number of ether oxygens (including phenoxy) is 1. The highest BCUT2D eigenvalue weighted by atomic mass is 16.5. The van der Waals surface area contributed by atoms with Gasteiger partial charge in [-0.15, -0.1) is 0 Å². The first-order valence-electron chi connectivity index (χ1n) is 8.06. The van der Waals surface area contributed by atoms with Crippen molar-refractivity contribution in [1.82, 2.24) is 20.4 Å². The van der Waals surface area contributed by atoms with Crippen molar-refractivity contribution in [3.8, 4) is 5.75 Å². The fourth-order valence-electron chi connectivity index (χ4n) is 3.78. The van der Waals surface area contributed by atoms with Crippen LogP contribution in [0.2, 0.25) is 0 Å². The summed E-state index contributed by atoms with van der Waals surface area (Å²) in [7, 11) is 5.11. The Kier molecular flexibility index (Phi) is 4.03. The molecule has 0 radical (unpaired) electrons. The lowest BCUT2D eigenvalue weighted by molar-refractivity contribution is 0.0241. The number of nitrogens with one attached hydrogen (secondary N) is 2. The Morgan fingerprint density at radius 1 is 1.08 bits per heavy atom. The molecule has 3 rings (SSSR count). The highest BCUT2D eigenvalue weighted by molar-refractivity contribution is 5.80. The summed E-state index contributed by atoms with van der Waals surface area (Å²) in [6.07, 6.45) is -0.353. The molecule has 0 spiro atoms. The standard InChI is InChI=1S/C17H24N4O3/c1-9-6-7-11(12(8-9)24-5)14-13-10(2)18-16(22)21(4)15(13)19-17(23)20(14)3/h6-8,10,13-15H,1-5H3,(H,18,22)(H,19,23)/t10-,13+,14-,15+/m1/s1. The summed E-state index contributed by atoms with van der Waals surface area (Å²) in [5.74, 6) is 0.749. The van der Waals surface area contributed by atoms with Gasteiger partial charge in [0.25, 0.3) is 0 Å². The van der Waals surface area contributed by atoms with Crippen molar-refractivity contribution in [2.24, 2.45) is 5.92 Å². The third kappa shape index (κ3) is 2.44. The monoisotopic (exact) mass is 332 g/mol. The summed E-state index contributed by atoms with van der Waals surface area (Å²) >= 11 is 0. The molecule has 130 valence electrons. The largest absolute Gasteiger partial charge is 0.496 e. The van der Waals surface area contributed by atoms with Gasteiger partial charge in [-0.2, -0.15) is 0 Å². The van der Waals surface area contributed by atoms with Crippen LogP contribution in [-0.4, -0.2) is 55.3 Å². The average Bonchev–Trinajstić information content (AvgIpc) is 2.54. The van der Waals surface area contributed by atoms with Gasteiger partial charge in [-0.1, -0.05) is 12.1 Å². The van der Waals surface area contributed by atoms with Gasteiger partial charge in [0.2, 0.25) is 0 Å². The molecular formula is C17H24N4O3. The number of rotatable bonds is 2. The Hall–Kier alpha value is -2.44. The molecule has 0 aliphatic carbocycles. The lowest BCUT2D eigenvalue weighted by atomic mass is 9.80. The van der Waals surface area contributed by atoms with Crippen LogP contribution < -0.4 is 15.4 Å². The predicted octanol–water partition coefficient (Wildman–Crippen LogP) is 1.69. The van der Waals surface area contributed by atoms with Crippen LogP contribution in [0.25, 0.3) is 0 Å². The molecule has 24 heavy (non-hydrogen) atoms. The minimum absolute atomic E-state index is 0.00740. The summed E-state index contributed by atoms with van der Waals surface area (Å²) in [4.78, 5) is 27.8. The third-order valence-corrected chi connectivity index (χ3v) is 5.11. The Morgan fingerprint density at radius 3 is 2.42 bits per heavy atom. The summed E-state index contributed by atoms with van der Waals surface area (Å²) in [5.41, 5.74) is 2.05. The molecule has 7 nitrogen and oxygen atoms in total. The molecule has 1 aromatic rings. The Labute approximate surface area is 141 Å². The lowest BCUT2D eigenvalue weighted by Crippen LogP contribution is -2.71. The van der Waals surface area contributed by atoms with E-state index in [2.05, 4.69) is 10.6 Å². The van der Waals surface area contributed by atoms with E-state index in [1.54, 1.807) is 31.0 Å². The number of benzene rings is 1. The second kappa shape index (κ2) is 5.89. The van der Waals surface area contributed by atoms with Crippen molar-refractivity contribution >= 4 is 12.1 Å². The van der Waals surface area contributed by atoms with Crippen LogP contribution >= 0.6 is 0 Å². The summed E-state index contributed by atoms with van der Waals surface area (Å²) in [6, 6.07) is 5.34. The Bertz CT molecular complexity index is 678. The first kappa shape index (κ1) is 16.4. The average molecular weight is 332 g/mol. The van der Waals surface area contributed by atoms with Crippen LogP contribution in [0.4, 0.5) is 9.59 Å². The number of fused-ring (bicyclic) bond motifs is 1. The van der Waals surface area contributed by atoms with E-state index in [1.807, 2.05) is 32.0 Å². The number of carbonyl (C=O) groups excluding carboxylic acids is 2. The van der Waals surface area contributed by atoms with Crippen molar-refractivity contribution in [2.45, 2.75) is 32.1 Å². The zero-order valence-electron chi connectivity index (χ0n) is 14.7. The molecule has 7 heteroatoms. The van der Waals surface area contributed by atoms with E-state index in [4.69, 9.17) is 4.74 Å². The smallest absolute Gasteiger partial charge is 0.319 e. The summed E-state index contributed by atoms with van der Waals surface area (Å²) in [6.45, 7) is 3.98. The number of carbonyl (C=O) groups is 2. The van der Waals surface area contributed by atoms with Gasteiger partial charge in [-0.3, -0.25) is 0 Å². The second-order valence-electron chi connectivity index (χ2n) is 6.62. The quantitative estimate of drug-likeness (QED) is 0.865. The van der Waals surface area contributed by atoms with E-state index >= 15 is 0 Å². The molecule has 2 saturated heterocycles. The summed E-state index contributed by atoms with van der Waals surface area (Å²) in [5, 5.41) is 5.92. The first-order valence-corrected chi connectivity index (χ1v) is 8.06. The van der Waals surface area contributed by atoms with Crippen LogP contribution in [0.15, 0.2) is 18.2 Å². The number of urea groups is 2. The van der Waals surface area contributed by atoms with E-state index in [0.29, 0.717) is 0 Å². The molecule has 4 amide bonds. The van der Waals surface area contributed by atoms with Gasteiger partial charge in [0.05, 0.1) is 13.2 Å². The minimum Gasteiger partial charge on any atom is -0.496 e. The number of nitrogens with zero attached hydrogens (tertiary/aromatic N) is 2. The zero-order chi connectivity index (χ0) is 17.6. The predicted molar refractivity (Wildman–Crippen MR) is 89.8 cm³/mol. The molecule has 0 aromatic heterocycles. The van der Waals surface area contributed by atoms with Gasteiger partial charge in [-0.05, 0) is 25.5 Å². The number of methoxy groups -OCH3 is 1. The minimum atomic E-state index is -0.353. The topological polar surface area (TPSA) is 73.9 Å². The van der Waals surface area contributed by atoms with Gasteiger partial charge in [0.1, 0.15) is 11.9 Å². The van der Waals surface area contributed by atoms with Gasteiger partial charge in [0, 0.05) is 31.6 Å². The third-order valence-electron chi connectivity index (χ3n) is 5.11. The Balaban J connectivity index is 2.10. The number of hydrogen-bond acceptors (Lipinski definition) is 3.